The lowest BCUT2D eigenvalue weighted by molar-refractivity contribution is 0.101. The van der Waals surface area contributed by atoms with E-state index < -0.39 is 26.9 Å². The average molecular weight is 456 g/mol. The molecule has 0 atom stereocenters. The summed E-state index contributed by atoms with van der Waals surface area (Å²) < 4.78 is 33.4. The molecule has 0 aliphatic carbocycles. The number of carbonyl (C=O) groups excluding carboxylic acids is 1. The van der Waals surface area contributed by atoms with Gasteiger partial charge in [0.2, 0.25) is 5.88 Å². The van der Waals surface area contributed by atoms with Crippen LogP contribution in [-0.4, -0.2) is 29.7 Å². The number of nitrogens with zero attached hydrogens (tertiary/aromatic N) is 2. The number of ether oxygens (including phenoxy) is 1. The molecular formula is C24H29N3O4S. The Morgan fingerprint density at radius 1 is 1.09 bits per heavy atom. The van der Waals surface area contributed by atoms with Crippen LogP contribution in [0.15, 0.2) is 47.5 Å². The van der Waals surface area contributed by atoms with E-state index in [-0.39, 0.29) is 16.3 Å². The van der Waals surface area contributed by atoms with Crippen LogP contribution >= 0.6 is 0 Å². The second-order valence-electron chi connectivity index (χ2n) is 9.05. The highest BCUT2D eigenvalue weighted by Gasteiger charge is 2.28. The van der Waals surface area contributed by atoms with Crippen LogP contribution in [0.2, 0.25) is 0 Å². The van der Waals surface area contributed by atoms with Gasteiger partial charge in [0.05, 0.1) is 10.4 Å². The van der Waals surface area contributed by atoms with E-state index in [1.807, 2.05) is 53.7 Å². The second kappa shape index (κ2) is 8.43. The molecule has 8 heteroatoms. The summed E-state index contributed by atoms with van der Waals surface area (Å²) in [7, 11) is -3.89. The minimum absolute atomic E-state index is 0.00163. The maximum atomic E-state index is 13.2. The number of sulfone groups is 1. The Kier molecular flexibility index (Phi) is 6.20. The van der Waals surface area contributed by atoms with Crippen molar-refractivity contribution < 1.29 is 17.9 Å². The lowest BCUT2D eigenvalue weighted by Gasteiger charge is -2.18. The van der Waals surface area contributed by atoms with Gasteiger partial charge >= 0.3 is 0 Å². The van der Waals surface area contributed by atoms with Crippen LogP contribution in [0.1, 0.15) is 47.8 Å². The summed E-state index contributed by atoms with van der Waals surface area (Å²) in [6.45, 7) is 11.6. The van der Waals surface area contributed by atoms with Gasteiger partial charge in [-0.05, 0) is 70.9 Å². The van der Waals surface area contributed by atoms with E-state index in [0.717, 1.165) is 16.7 Å². The predicted octanol–water partition coefficient (Wildman–Crippen LogP) is 4.59. The average Bonchev–Trinajstić information content (AvgIpc) is 3.09. The maximum Gasteiger partial charge on any atom is 0.249 e. The fourth-order valence-electron chi connectivity index (χ4n) is 3.43. The van der Waals surface area contributed by atoms with Crippen LogP contribution in [-0.2, 0) is 15.4 Å². The maximum absolute atomic E-state index is 13.2. The SMILES string of the molecule is Cc1cc(C)c(Oc2nn(C(C)(C)C)cc2C(=O)CS(=O)(=O)c2cccc(N)c2)c(C)c1. The van der Waals surface area contributed by atoms with Gasteiger partial charge in [-0.3, -0.25) is 9.48 Å². The Hall–Kier alpha value is -3.13. The fraction of sp³-hybridized carbons (Fsp3) is 0.333. The molecule has 0 fully saturated rings. The van der Waals surface area contributed by atoms with Gasteiger partial charge in [-0.1, -0.05) is 23.8 Å². The quantitative estimate of drug-likeness (QED) is 0.430. The molecule has 3 aromatic rings. The molecule has 0 unspecified atom stereocenters. The van der Waals surface area contributed by atoms with Gasteiger partial charge in [0.25, 0.3) is 0 Å². The second-order valence-corrected chi connectivity index (χ2v) is 11.0. The van der Waals surface area contributed by atoms with Gasteiger partial charge < -0.3 is 10.5 Å². The number of nitrogen functional groups attached to an aromatic ring is 1. The molecule has 0 saturated carbocycles. The van der Waals surface area contributed by atoms with Crippen LogP contribution < -0.4 is 10.5 Å². The topological polar surface area (TPSA) is 104 Å². The third kappa shape index (κ3) is 5.02. The van der Waals surface area contributed by atoms with E-state index in [1.54, 1.807) is 23.0 Å². The highest BCUT2D eigenvalue weighted by atomic mass is 32.2. The smallest absolute Gasteiger partial charge is 0.249 e. The number of nitrogens with two attached hydrogens (primary N) is 1. The Labute approximate surface area is 189 Å². The number of hydrogen-bond acceptors (Lipinski definition) is 6. The van der Waals surface area contributed by atoms with Gasteiger partial charge in [-0.25, -0.2) is 8.42 Å². The van der Waals surface area contributed by atoms with Crippen LogP contribution in [0.3, 0.4) is 0 Å². The minimum atomic E-state index is -3.89. The van der Waals surface area contributed by atoms with Gasteiger partial charge in [0.1, 0.15) is 17.1 Å². The molecule has 7 nitrogen and oxygen atoms in total. The number of hydrogen-bond donors (Lipinski definition) is 1. The van der Waals surface area contributed by atoms with Gasteiger partial charge in [0.15, 0.2) is 15.6 Å². The largest absolute Gasteiger partial charge is 0.436 e. The molecule has 0 aliphatic rings. The molecule has 0 bridgehead atoms. The van der Waals surface area contributed by atoms with Crippen molar-refractivity contribution in [2.45, 2.75) is 52.0 Å². The summed E-state index contributed by atoms with van der Waals surface area (Å²) in [6, 6.07) is 9.86. The first-order valence-electron chi connectivity index (χ1n) is 10.3. The molecule has 0 saturated heterocycles. The van der Waals surface area contributed by atoms with Crippen molar-refractivity contribution >= 4 is 21.3 Å². The molecule has 0 radical (unpaired) electrons. The van der Waals surface area contributed by atoms with Crippen LogP contribution in [0, 0.1) is 20.8 Å². The molecule has 1 heterocycles. The molecule has 0 aliphatic heterocycles. The fourth-order valence-corrected chi connectivity index (χ4v) is 4.70. The summed E-state index contributed by atoms with van der Waals surface area (Å²) in [6.07, 6.45) is 1.55. The van der Waals surface area contributed by atoms with Crippen molar-refractivity contribution in [1.29, 1.82) is 0 Å². The van der Waals surface area contributed by atoms with Gasteiger partial charge in [0, 0.05) is 11.9 Å². The number of rotatable bonds is 6. The third-order valence-electron chi connectivity index (χ3n) is 5.01. The van der Waals surface area contributed by atoms with Gasteiger partial charge in [-0.15, -0.1) is 5.10 Å². The Bertz CT molecular complexity index is 1260. The molecule has 2 N–H and O–H groups in total. The molecule has 0 amide bonds. The monoisotopic (exact) mass is 455 g/mol. The third-order valence-corrected chi connectivity index (χ3v) is 6.62. The first kappa shape index (κ1) is 23.5. The molecule has 2 aromatic carbocycles. The highest BCUT2D eigenvalue weighted by Crippen LogP contribution is 2.32. The van der Waals surface area contributed by atoms with E-state index in [4.69, 9.17) is 10.5 Å². The summed E-state index contributed by atoms with van der Waals surface area (Å²) in [5.74, 6) is -0.625. The van der Waals surface area contributed by atoms with E-state index in [0.29, 0.717) is 11.4 Å². The number of benzene rings is 2. The van der Waals surface area contributed by atoms with Gasteiger partial charge in [-0.2, -0.15) is 0 Å². The number of anilines is 1. The van der Waals surface area contributed by atoms with Crippen molar-refractivity contribution in [3.05, 3.63) is 64.8 Å². The summed E-state index contributed by atoms with van der Waals surface area (Å²) in [4.78, 5) is 13.2. The standard InChI is InChI=1S/C24H29N3O4S/c1-15-10-16(2)22(17(3)11-15)31-23-20(13-27(26-23)24(4,5)6)21(28)14-32(29,30)19-9-7-8-18(25)12-19/h7-13H,14,25H2,1-6H3. The molecule has 3 rings (SSSR count). The zero-order valence-corrected chi connectivity index (χ0v) is 20.1. The Morgan fingerprint density at radius 2 is 1.72 bits per heavy atom. The number of aryl methyl sites for hydroxylation is 3. The zero-order chi connectivity index (χ0) is 23.8. The highest BCUT2D eigenvalue weighted by molar-refractivity contribution is 7.92. The van der Waals surface area contributed by atoms with Crippen molar-refractivity contribution in [1.82, 2.24) is 9.78 Å². The van der Waals surface area contributed by atoms with Crippen molar-refractivity contribution in [2.24, 2.45) is 0 Å². The summed E-state index contributed by atoms with van der Waals surface area (Å²) >= 11 is 0. The van der Waals surface area contributed by atoms with E-state index in [2.05, 4.69) is 5.10 Å². The minimum Gasteiger partial charge on any atom is -0.436 e. The van der Waals surface area contributed by atoms with Crippen LogP contribution in [0.5, 0.6) is 11.6 Å². The molecule has 170 valence electrons. The summed E-state index contributed by atoms with van der Waals surface area (Å²) in [5, 5.41) is 4.48. The Balaban J connectivity index is 2.02. The van der Waals surface area contributed by atoms with E-state index in [1.165, 1.54) is 12.1 Å². The zero-order valence-electron chi connectivity index (χ0n) is 19.3. The van der Waals surface area contributed by atoms with Crippen LogP contribution in [0.25, 0.3) is 0 Å². The van der Waals surface area contributed by atoms with E-state index >= 15 is 0 Å². The molecule has 1 aromatic heterocycles. The molecular weight excluding hydrogens is 426 g/mol. The van der Waals surface area contributed by atoms with Crippen molar-refractivity contribution in [2.75, 3.05) is 11.5 Å². The summed E-state index contributed by atoms with van der Waals surface area (Å²) in [5.41, 5.74) is 8.61. The number of Topliss-reactive ketones (excluding diaryl/α,β-unsaturated/α-hetero) is 1. The first-order valence-corrected chi connectivity index (χ1v) is 11.9. The number of carbonyl (C=O) groups is 1. The predicted molar refractivity (Wildman–Crippen MR) is 125 cm³/mol. The van der Waals surface area contributed by atoms with E-state index in [9.17, 15) is 13.2 Å². The number of ketones is 1. The first-order chi connectivity index (χ1) is 14.8. The molecule has 0 spiro atoms. The normalized spacial score (nSPS) is 12.1. The molecule has 32 heavy (non-hydrogen) atoms. The lowest BCUT2D eigenvalue weighted by atomic mass is 10.1. The van der Waals surface area contributed by atoms with Crippen molar-refractivity contribution in [3.63, 3.8) is 0 Å². The Morgan fingerprint density at radius 3 is 2.28 bits per heavy atom. The van der Waals surface area contributed by atoms with Crippen molar-refractivity contribution in [3.8, 4) is 11.6 Å². The number of aromatic nitrogens is 2. The lowest BCUT2D eigenvalue weighted by Crippen LogP contribution is -2.22. The van der Waals surface area contributed by atoms with Crippen LogP contribution in [0.4, 0.5) is 5.69 Å².